The van der Waals surface area contributed by atoms with Crippen molar-refractivity contribution in [2.24, 2.45) is 11.3 Å². The van der Waals surface area contributed by atoms with Gasteiger partial charge in [0.1, 0.15) is 18.2 Å². The molecule has 1 fully saturated rings. The van der Waals surface area contributed by atoms with Crippen LogP contribution in [0.3, 0.4) is 0 Å². The van der Waals surface area contributed by atoms with Crippen molar-refractivity contribution in [2.45, 2.75) is 46.6 Å². The van der Waals surface area contributed by atoms with E-state index >= 15 is 0 Å². The van der Waals surface area contributed by atoms with Crippen LogP contribution in [0.4, 0.5) is 11.6 Å². The number of nitrogens with two attached hydrogens (primary N) is 1. The molecule has 6 heteroatoms. The summed E-state index contributed by atoms with van der Waals surface area (Å²) in [6.45, 7) is 9.73. The third-order valence-electron chi connectivity index (χ3n) is 4.49. The number of anilines is 2. The van der Waals surface area contributed by atoms with E-state index in [4.69, 9.17) is 10.6 Å². The molecule has 1 aliphatic heterocycles. The lowest BCUT2D eigenvalue weighted by Crippen LogP contribution is -2.39. The molecule has 1 saturated heterocycles. The van der Waals surface area contributed by atoms with Gasteiger partial charge in [-0.1, -0.05) is 20.3 Å². The fourth-order valence-corrected chi connectivity index (χ4v) is 2.61. The van der Waals surface area contributed by atoms with Crippen molar-refractivity contribution >= 4 is 11.6 Å². The lowest BCUT2D eigenvalue weighted by molar-refractivity contribution is 0.128. The minimum Gasteiger partial charge on any atom is -0.374 e. The van der Waals surface area contributed by atoms with Crippen LogP contribution >= 0.6 is 0 Å². The van der Waals surface area contributed by atoms with Gasteiger partial charge in [0.05, 0.1) is 0 Å². The third kappa shape index (κ3) is 4.04. The van der Waals surface area contributed by atoms with Crippen LogP contribution in [0.15, 0.2) is 6.07 Å². The Morgan fingerprint density at radius 1 is 1.33 bits per heavy atom. The molecule has 0 unspecified atom stereocenters. The Kier molecular flexibility index (Phi) is 5.36. The van der Waals surface area contributed by atoms with Crippen molar-refractivity contribution in [2.75, 3.05) is 30.0 Å². The van der Waals surface area contributed by atoms with E-state index < -0.39 is 0 Å². The van der Waals surface area contributed by atoms with Crippen molar-refractivity contribution in [1.82, 2.24) is 9.97 Å². The van der Waals surface area contributed by atoms with Crippen LogP contribution in [0.1, 0.15) is 45.9 Å². The zero-order chi connectivity index (χ0) is 15.3. The SMILES string of the molecule is CCOCc1nc(NN)cc(N2CCC(C)(CC)CC2)n1. The molecule has 1 aliphatic rings. The molecule has 0 saturated carbocycles. The molecule has 0 aromatic carbocycles. The number of hydrogen-bond acceptors (Lipinski definition) is 6. The standard InChI is InChI=1S/C15H27N5O/c1-4-15(3)6-8-20(9-7-15)14-10-12(19-16)17-13(18-14)11-21-5-2/h10H,4-9,11,16H2,1-3H3,(H,17,18,19). The summed E-state index contributed by atoms with van der Waals surface area (Å²) >= 11 is 0. The zero-order valence-corrected chi connectivity index (χ0v) is 13.4. The number of ether oxygens (including phenoxy) is 1. The second kappa shape index (κ2) is 7.04. The van der Waals surface area contributed by atoms with E-state index in [9.17, 15) is 0 Å². The van der Waals surface area contributed by atoms with Gasteiger partial charge in [0, 0.05) is 25.8 Å². The Morgan fingerprint density at radius 3 is 2.62 bits per heavy atom. The van der Waals surface area contributed by atoms with E-state index in [2.05, 4.69) is 34.1 Å². The Bertz CT molecular complexity index is 457. The first-order chi connectivity index (χ1) is 10.1. The summed E-state index contributed by atoms with van der Waals surface area (Å²) < 4.78 is 5.40. The summed E-state index contributed by atoms with van der Waals surface area (Å²) in [7, 11) is 0. The smallest absolute Gasteiger partial charge is 0.158 e. The van der Waals surface area contributed by atoms with Gasteiger partial charge in [0.2, 0.25) is 0 Å². The summed E-state index contributed by atoms with van der Waals surface area (Å²) in [6, 6.07) is 1.91. The highest BCUT2D eigenvalue weighted by Crippen LogP contribution is 2.35. The van der Waals surface area contributed by atoms with Crippen LogP contribution in [0.5, 0.6) is 0 Å². The Labute approximate surface area is 127 Å². The highest BCUT2D eigenvalue weighted by atomic mass is 16.5. The number of hydrogen-bond donors (Lipinski definition) is 2. The lowest BCUT2D eigenvalue weighted by atomic mass is 9.78. The number of piperidine rings is 1. The van der Waals surface area contributed by atoms with Crippen LogP contribution < -0.4 is 16.2 Å². The van der Waals surface area contributed by atoms with E-state index in [0.29, 0.717) is 30.3 Å². The Morgan fingerprint density at radius 2 is 2.05 bits per heavy atom. The van der Waals surface area contributed by atoms with Gasteiger partial charge in [-0.2, -0.15) is 0 Å². The quantitative estimate of drug-likeness (QED) is 0.619. The van der Waals surface area contributed by atoms with E-state index in [-0.39, 0.29) is 0 Å². The molecule has 3 N–H and O–H groups in total. The summed E-state index contributed by atoms with van der Waals surface area (Å²) in [5, 5.41) is 0. The monoisotopic (exact) mass is 293 g/mol. The molecule has 2 rings (SSSR count). The lowest BCUT2D eigenvalue weighted by Gasteiger charge is -2.39. The molecule has 0 spiro atoms. The third-order valence-corrected chi connectivity index (χ3v) is 4.49. The normalized spacial score (nSPS) is 17.8. The number of nitrogen functional groups attached to an aromatic ring is 1. The topological polar surface area (TPSA) is 76.3 Å². The Hall–Kier alpha value is -1.40. The van der Waals surface area contributed by atoms with E-state index in [0.717, 1.165) is 18.9 Å². The first-order valence-corrected chi connectivity index (χ1v) is 7.77. The minimum atomic E-state index is 0.416. The van der Waals surface area contributed by atoms with Crippen molar-refractivity contribution in [3.05, 3.63) is 11.9 Å². The van der Waals surface area contributed by atoms with Crippen LogP contribution in [0, 0.1) is 5.41 Å². The van der Waals surface area contributed by atoms with Gasteiger partial charge >= 0.3 is 0 Å². The van der Waals surface area contributed by atoms with Crippen molar-refractivity contribution in [1.29, 1.82) is 0 Å². The second-order valence-corrected chi connectivity index (χ2v) is 5.96. The molecule has 1 aromatic rings. The van der Waals surface area contributed by atoms with Crippen molar-refractivity contribution in [3.8, 4) is 0 Å². The van der Waals surface area contributed by atoms with Crippen molar-refractivity contribution < 1.29 is 4.74 Å². The fourth-order valence-electron chi connectivity index (χ4n) is 2.61. The number of aromatic nitrogens is 2. The molecular weight excluding hydrogens is 266 g/mol. The van der Waals surface area contributed by atoms with Gasteiger partial charge < -0.3 is 15.1 Å². The predicted molar refractivity (Wildman–Crippen MR) is 85.0 cm³/mol. The van der Waals surface area contributed by atoms with Gasteiger partial charge in [-0.15, -0.1) is 0 Å². The highest BCUT2D eigenvalue weighted by molar-refractivity contribution is 5.49. The maximum Gasteiger partial charge on any atom is 0.158 e. The largest absolute Gasteiger partial charge is 0.374 e. The second-order valence-electron chi connectivity index (χ2n) is 5.96. The number of hydrazine groups is 1. The molecule has 0 amide bonds. The van der Waals surface area contributed by atoms with Gasteiger partial charge in [-0.3, -0.25) is 0 Å². The van der Waals surface area contributed by atoms with Crippen molar-refractivity contribution in [3.63, 3.8) is 0 Å². The van der Waals surface area contributed by atoms with Gasteiger partial charge in [-0.05, 0) is 25.2 Å². The average Bonchev–Trinajstić information content (AvgIpc) is 2.53. The molecule has 0 aliphatic carbocycles. The molecule has 0 bridgehead atoms. The zero-order valence-electron chi connectivity index (χ0n) is 13.4. The van der Waals surface area contributed by atoms with Crippen LogP contribution in [-0.2, 0) is 11.3 Å². The molecule has 0 atom stereocenters. The first kappa shape index (κ1) is 16.0. The summed E-state index contributed by atoms with van der Waals surface area (Å²) in [6.07, 6.45) is 3.62. The van der Waals surface area contributed by atoms with E-state index in [1.165, 1.54) is 19.3 Å². The minimum absolute atomic E-state index is 0.416. The Balaban J connectivity index is 2.12. The molecule has 6 nitrogen and oxygen atoms in total. The number of nitrogens with one attached hydrogen (secondary N) is 1. The average molecular weight is 293 g/mol. The molecular formula is C15H27N5O. The number of nitrogens with zero attached hydrogens (tertiary/aromatic N) is 3. The fraction of sp³-hybridized carbons (Fsp3) is 0.733. The summed E-state index contributed by atoms with van der Waals surface area (Å²) in [5.74, 6) is 7.76. The van der Waals surface area contributed by atoms with Crippen LogP contribution in [0.25, 0.3) is 0 Å². The van der Waals surface area contributed by atoms with E-state index in [1.807, 2.05) is 13.0 Å². The maximum atomic E-state index is 5.51. The van der Waals surface area contributed by atoms with Gasteiger partial charge in [-0.25, -0.2) is 15.8 Å². The molecule has 21 heavy (non-hydrogen) atoms. The summed E-state index contributed by atoms with van der Waals surface area (Å²) in [5.41, 5.74) is 3.08. The predicted octanol–water partition coefficient (Wildman–Crippen LogP) is 2.32. The molecule has 0 radical (unpaired) electrons. The highest BCUT2D eigenvalue weighted by Gasteiger charge is 2.29. The molecule has 118 valence electrons. The van der Waals surface area contributed by atoms with Gasteiger partial charge in [0.15, 0.2) is 5.82 Å². The molecule has 1 aromatic heterocycles. The summed E-state index contributed by atoms with van der Waals surface area (Å²) in [4.78, 5) is 11.3. The van der Waals surface area contributed by atoms with E-state index in [1.54, 1.807) is 0 Å². The molecule has 2 heterocycles. The number of rotatable bonds is 6. The van der Waals surface area contributed by atoms with Crippen LogP contribution in [0.2, 0.25) is 0 Å². The van der Waals surface area contributed by atoms with Gasteiger partial charge in [0.25, 0.3) is 0 Å². The van der Waals surface area contributed by atoms with Crippen LogP contribution in [-0.4, -0.2) is 29.7 Å². The maximum absolute atomic E-state index is 5.51. The first-order valence-electron chi connectivity index (χ1n) is 7.77.